The van der Waals surface area contributed by atoms with Gasteiger partial charge in [-0.2, -0.15) is 0 Å². The Morgan fingerprint density at radius 1 is 0.472 bits per heavy atom. The van der Waals surface area contributed by atoms with Crippen LogP contribution in [0, 0.1) is 25.7 Å². The summed E-state index contributed by atoms with van der Waals surface area (Å²) >= 11 is 7.21. The van der Waals surface area contributed by atoms with Crippen LogP contribution in [0.2, 0.25) is 0 Å². The quantitative estimate of drug-likeness (QED) is 0.197. The second kappa shape index (κ2) is 10.0. The highest BCUT2D eigenvalue weighted by Gasteiger charge is 2.06. The Hall–Kier alpha value is -3.20. The summed E-state index contributed by atoms with van der Waals surface area (Å²) in [5.41, 5.74) is 5.04. The third-order valence-corrected chi connectivity index (χ3v) is 10.1. The molecule has 0 N–H and O–H groups in total. The Labute approximate surface area is 227 Å². The summed E-state index contributed by atoms with van der Waals surface area (Å²) < 4.78 is 5.24. The minimum atomic E-state index is 1.13. The third-order valence-electron chi connectivity index (χ3n) is 5.80. The molecule has 0 unspecified atom stereocenters. The summed E-state index contributed by atoms with van der Waals surface area (Å²) in [7, 11) is 0. The Balaban J connectivity index is 1.14. The molecule has 0 aliphatic rings. The molecule has 0 aliphatic heterocycles. The number of rotatable bonds is 4. The lowest BCUT2D eigenvalue weighted by atomic mass is 10.1. The zero-order chi connectivity index (χ0) is 24.5. The van der Waals surface area contributed by atoms with E-state index in [4.69, 9.17) is 0 Å². The van der Waals surface area contributed by atoms with E-state index in [0.717, 1.165) is 9.75 Å². The van der Waals surface area contributed by atoms with Crippen molar-refractivity contribution < 1.29 is 0 Å². The predicted octanol–water partition coefficient (Wildman–Crippen LogP) is 10.6. The summed E-state index contributed by atoms with van der Waals surface area (Å²) in [5, 5.41) is 0. The van der Waals surface area contributed by atoms with E-state index in [-0.39, 0.29) is 0 Å². The van der Waals surface area contributed by atoms with Gasteiger partial charge in [0.25, 0.3) is 0 Å². The molecule has 6 aromatic rings. The highest BCUT2D eigenvalue weighted by atomic mass is 32.1. The highest BCUT2D eigenvalue weighted by molar-refractivity contribution is 7.29. The number of fused-ring (bicyclic) bond motifs is 2. The average molecular weight is 535 g/mol. The molecular formula is C32H22S4. The largest absolute Gasteiger partial charge is 0.135 e. The SMILES string of the molecule is Cc1ccc(C=Cc2cc3sc(C#Cc4cc5sc(C=Cc6ccc(C)cc6)cc5s4)cc3s2)cc1. The van der Waals surface area contributed by atoms with Crippen LogP contribution in [-0.4, -0.2) is 0 Å². The smallest absolute Gasteiger partial charge is 0.0793 e. The summed E-state index contributed by atoms with van der Waals surface area (Å²) in [5.74, 6) is 6.79. The second-order valence-corrected chi connectivity index (χ2v) is 13.1. The Kier molecular flexibility index (Phi) is 6.48. The zero-order valence-corrected chi connectivity index (χ0v) is 23.1. The van der Waals surface area contributed by atoms with Crippen LogP contribution in [0.5, 0.6) is 0 Å². The molecule has 2 aromatic carbocycles. The van der Waals surface area contributed by atoms with Crippen molar-refractivity contribution in [2.45, 2.75) is 13.8 Å². The first-order valence-corrected chi connectivity index (χ1v) is 14.9. The Morgan fingerprint density at radius 3 is 1.25 bits per heavy atom. The molecule has 0 bridgehead atoms. The van der Waals surface area contributed by atoms with Crippen molar-refractivity contribution in [2.24, 2.45) is 0 Å². The lowest BCUT2D eigenvalue weighted by molar-refractivity contribution is 1.46. The van der Waals surface area contributed by atoms with Crippen LogP contribution in [-0.2, 0) is 0 Å². The van der Waals surface area contributed by atoms with Gasteiger partial charge < -0.3 is 0 Å². The van der Waals surface area contributed by atoms with Crippen molar-refractivity contribution >= 4 is 88.5 Å². The molecule has 6 rings (SSSR count). The molecule has 36 heavy (non-hydrogen) atoms. The van der Waals surface area contributed by atoms with Crippen molar-refractivity contribution in [3.05, 3.63) is 115 Å². The van der Waals surface area contributed by atoms with Gasteiger partial charge in [0.05, 0.1) is 9.75 Å². The number of hydrogen-bond donors (Lipinski definition) is 0. The van der Waals surface area contributed by atoms with E-state index in [1.54, 1.807) is 22.7 Å². The molecule has 4 heterocycles. The standard InChI is InChI=1S/C32H22S4/c1-21-3-7-23(8-4-21)11-13-25-17-29-31(33-25)19-27(35-29)15-16-28-20-32-30(36-28)18-26(34-32)14-12-24-9-5-22(2)6-10-24/h3-14,17-20H,1-2H3. The van der Waals surface area contributed by atoms with Gasteiger partial charge in [0.2, 0.25) is 0 Å². The van der Waals surface area contributed by atoms with Crippen LogP contribution in [0.4, 0.5) is 0 Å². The predicted molar refractivity (Wildman–Crippen MR) is 166 cm³/mol. The monoisotopic (exact) mass is 534 g/mol. The summed E-state index contributed by atoms with van der Waals surface area (Å²) in [6.07, 6.45) is 8.77. The van der Waals surface area contributed by atoms with Gasteiger partial charge in [0, 0.05) is 28.6 Å². The maximum absolute atomic E-state index is 3.39. The van der Waals surface area contributed by atoms with Crippen molar-refractivity contribution in [3.63, 3.8) is 0 Å². The van der Waals surface area contributed by atoms with Crippen LogP contribution in [0.3, 0.4) is 0 Å². The molecule has 0 fully saturated rings. The van der Waals surface area contributed by atoms with Gasteiger partial charge in [-0.1, -0.05) is 71.8 Å². The average Bonchev–Trinajstić information content (AvgIpc) is 3.61. The molecule has 0 amide bonds. The van der Waals surface area contributed by atoms with Crippen LogP contribution < -0.4 is 0 Å². The zero-order valence-electron chi connectivity index (χ0n) is 19.9. The maximum Gasteiger partial charge on any atom is 0.0793 e. The van der Waals surface area contributed by atoms with Crippen molar-refractivity contribution in [1.29, 1.82) is 0 Å². The van der Waals surface area contributed by atoms with Crippen LogP contribution >= 0.6 is 45.3 Å². The van der Waals surface area contributed by atoms with Crippen LogP contribution in [0.15, 0.2) is 72.8 Å². The Bertz CT molecular complexity index is 1590. The van der Waals surface area contributed by atoms with Gasteiger partial charge in [-0.15, -0.1) is 45.3 Å². The van der Waals surface area contributed by atoms with Crippen molar-refractivity contribution in [2.75, 3.05) is 0 Å². The third kappa shape index (κ3) is 5.31. The fraction of sp³-hybridized carbons (Fsp3) is 0.0625. The molecule has 0 spiro atoms. The van der Waals surface area contributed by atoms with Gasteiger partial charge in [0.15, 0.2) is 0 Å². The molecule has 4 heteroatoms. The summed E-state index contributed by atoms with van der Waals surface area (Å²) in [6.45, 7) is 4.23. The van der Waals surface area contributed by atoms with E-state index in [9.17, 15) is 0 Å². The van der Waals surface area contributed by atoms with Crippen molar-refractivity contribution in [3.8, 4) is 11.8 Å². The first-order chi connectivity index (χ1) is 17.6. The Morgan fingerprint density at radius 2 is 0.861 bits per heavy atom. The van der Waals surface area contributed by atoms with Gasteiger partial charge in [-0.05, 0) is 73.2 Å². The number of benzene rings is 2. The number of aryl methyl sites for hydroxylation is 2. The molecule has 0 saturated heterocycles. The highest BCUT2D eigenvalue weighted by Crippen LogP contribution is 2.35. The van der Waals surface area contributed by atoms with E-state index in [0.29, 0.717) is 0 Å². The molecule has 0 atom stereocenters. The summed E-state index contributed by atoms with van der Waals surface area (Å²) in [6, 6.07) is 26.2. The topological polar surface area (TPSA) is 0 Å². The van der Waals surface area contributed by atoms with E-state index in [2.05, 4.69) is 123 Å². The second-order valence-electron chi connectivity index (χ2n) is 8.71. The van der Waals surface area contributed by atoms with Gasteiger partial charge >= 0.3 is 0 Å². The van der Waals surface area contributed by atoms with E-state index >= 15 is 0 Å². The van der Waals surface area contributed by atoms with E-state index in [1.807, 2.05) is 22.7 Å². The van der Waals surface area contributed by atoms with Gasteiger partial charge in [-0.25, -0.2) is 0 Å². The lowest BCUT2D eigenvalue weighted by Crippen LogP contribution is -1.72. The maximum atomic E-state index is 3.39. The number of hydrogen-bond acceptors (Lipinski definition) is 4. The molecule has 0 radical (unpaired) electrons. The minimum Gasteiger partial charge on any atom is -0.135 e. The van der Waals surface area contributed by atoms with Gasteiger partial charge in [-0.3, -0.25) is 0 Å². The normalized spacial score (nSPS) is 11.7. The number of thiophene rings is 4. The minimum absolute atomic E-state index is 1.13. The summed E-state index contributed by atoms with van der Waals surface area (Å²) in [4.78, 5) is 4.82. The fourth-order valence-corrected chi connectivity index (χ4v) is 8.16. The first kappa shape index (κ1) is 23.2. The van der Waals surface area contributed by atoms with Crippen LogP contribution in [0.25, 0.3) is 43.1 Å². The molecule has 174 valence electrons. The molecule has 0 saturated carbocycles. The van der Waals surface area contributed by atoms with Gasteiger partial charge in [0.1, 0.15) is 0 Å². The van der Waals surface area contributed by atoms with Crippen molar-refractivity contribution in [1.82, 2.24) is 0 Å². The van der Waals surface area contributed by atoms with E-state index in [1.165, 1.54) is 50.8 Å². The lowest BCUT2D eigenvalue weighted by Gasteiger charge is -1.93. The molecule has 4 aromatic heterocycles. The molecule has 0 nitrogen and oxygen atoms in total. The van der Waals surface area contributed by atoms with E-state index < -0.39 is 0 Å². The fourth-order valence-electron chi connectivity index (χ4n) is 3.83. The molecule has 0 aliphatic carbocycles. The first-order valence-electron chi connectivity index (χ1n) is 11.7. The van der Waals surface area contributed by atoms with Crippen LogP contribution in [0.1, 0.15) is 41.8 Å². The molecular weight excluding hydrogens is 513 g/mol.